The van der Waals surface area contributed by atoms with Gasteiger partial charge >= 0.3 is 0 Å². The summed E-state index contributed by atoms with van der Waals surface area (Å²) >= 11 is 0. The van der Waals surface area contributed by atoms with Crippen LogP contribution in [0.3, 0.4) is 0 Å². The van der Waals surface area contributed by atoms with Crippen LogP contribution in [0.25, 0.3) is 17.1 Å². The summed E-state index contributed by atoms with van der Waals surface area (Å²) in [6, 6.07) is 14.4. The zero-order valence-corrected chi connectivity index (χ0v) is 17.4. The Hall–Kier alpha value is -3.03. The van der Waals surface area contributed by atoms with Crippen LogP contribution < -0.4 is 0 Å². The molecule has 1 aliphatic rings. The molecule has 0 N–H and O–H groups in total. The van der Waals surface area contributed by atoms with Crippen LogP contribution in [0.15, 0.2) is 59.3 Å². The number of fused-ring (bicyclic) bond motifs is 1. The third kappa shape index (κ3) is 3.86. The quantitative estimate of drug-likeness (QED) is 0.509. The molecule has 0 bridgehead atoms. The van der Waals surface area contributed by atoms with Crippen molar-refractivity contribution in [1.82, 2.24) is 29.4 Å². The molecular formula is C23H26N6O. The minimum atomic E-state index is 0.106. The predicted octanol–water partition coefficient (Wildman–Crippen LogP) is 3.57. The first-order valence-corrected chi connectivity index (χ1v) is 10.5. The third-order valence-corrected chi connectivity index (χ3v) is 5.85. The molecule has 1 atom stereocenters. The van der Waals surface area contributed by atoms with Gasteiger partial charge in [-0.3, -0.25) is 9.80 Å². The van der Waals surface area contributed by atoms with Crippen molar-refractivity contribution in [3.63, 3.8) is 0 Å². The van der Waals surface area contributed by atoms with Crippen molar-refractivity contribution < 1.29 is 4.42 Å². The third-order valence-electron chi connectivity index (χ3n) is 5.85. The average molecular weight is 403 g/mol. The Morgan fingerprint density at radius 2 is 1.80 bits per heavy atom. The van der Waals surface area contributed by atoms with Gasteiger partial charge in [0.15, 0.2) is 0 Å². The van der Waals surface area contributed by atoms with Crippen LogP contribution in [-0.4, -0.2) is 55.6 Å². The first-order chi connectivity index (χ1) is 14.7. The smallest absolute Gasteiger partial charge is 0.247 e. The Labute approximate surface area is 176 Å². The van der Waals surface area contributed by atoms with E-state index in [9.17, 15) is 0 Å². The average Bonchev–Trinajstić information content (AvgIpc) is 3.41. The summed E-state index contributed by atoms with van der Waals surface area (Å²) in [6.07, 6.45) is 4.16. The van der Waals surface area contributed by atoms with E-state index < -0.39 is 0 Å². The van der Waals surface area contributed by atoms with Crippen molar-refractivity contribution in [3.05, 3.63) is 72.0 Å². The van der Waals surface area contributed by atoms with E-state index in [1.807, 2.05) is 36.5 Å². The van der Waals surface area contributed by atoms with Crippen LogP contribution in [0.1, 0.15) is 30.1 Å². The molecule has 154 valence electrons. The molecule has 1 aromatic carbocycles. The molecule has 0 amide bonds. The highest BCUT2D eigenvalue weighted by Gasteiger charge is 2.26. The number of rotatable bonds is 5. The number of piperazine rings is 1. The van der Waals surface area contributed by atoms with Crippen molar-refractivity contribution in [2.24, 2.45) is 0 Å². The lowest BCUT2D eigenvalue weighted by Gasteiger charge is -2.36. The fourth-order valence-electron chi connectivity index (χ4n) is 3.97. The predicted molar refractivity (Wildman–Crippen MR) is 115 cm³/mol. The van der Waals surface area contributed by atoms with Gasteiger partial charge in [-0.2, -0.15) is 0 Å². The van der Waals surface area contributed by atoms with Crippen LogP contribution >= 0.6 is 0 Å². The number of pyridine rings is 1. The lowest BCUT2D eigenvalue weighted by atomic mass is 10.1. The van der Waals surface area contributed by atoms with Crippen molar-refractivity contribution in [2.45, 2.75) is 26.4 Å². The van der Waals surface area contributed by atoms with E-state index in [2.05, 4.69) is 56.6 Å². The van der Waals surface area contributed by atoms with Gasteiger partial charge < -0.3 is 8.82 Å². The Kier molecular flexibility index (Phi) is 5.06. The van der Waals surface area contributed by atoms with E-state index in [1.54, 1.807) is 0 Å². The molecule has 30 heavy (non-hydrogen) atoms. The molecule has 0 unspecified atom stereocenters. The molecule has 7 nitrogen and oxygen atoms in total. The van der Waals surface area contributed by atoms with Crippen molar-refractivity contribution in [3.8, 4) is 11.5 Å². The molecule has 0 spiro atoms. The maximum Gasteiger partial charge on any atom is 0.247 e. The van der Waals surface area contributed by atoms with Gasteiger partial charge in [-0.15, -0.1) is 10.2 Å². The zero-order chi connectivity index (χ0) is 20.5. The van der Waals surface area contributed by atoms with Crippen LogP contribution in [0.2, 0.25) is 0 Å². The first-order valence-electron chi connectivity index (χ1n) is 10.5. The highest BCUT2D eigenvalue weighted by Crippen LogP contribution is 2.25. The summed E-state index contributed by atoms with van der Waals surface area (Å²) in [5.41, 5.74) is 4.29. The summed E-state index contributed by atoms with van der Waals surface area (Å²) in [7, 11) is 0. The maximum atomic E-state index is 5.99. The molecule has 1 aliphatic heterocycles. The van der Waals surface area contributed by atoms with Gasteiger partial charge in [0.1, 0.15) is 5.65 Å². The largest absolute Gasteiger partial charge is 0.419 e. The second-order valence-corrected chi connectivity index (χ2v) is 8.00. The van der Waals surface area contributed by atoms with Crippen LogP contribution in [0.4, 0.5) is 0 Å². The van der Waals surface area contributed by atoms with Crippen LogP contribution in [0, 0.1) is 6.92 Å². The first kappa shape index (κ1) is 19.0. The fraction of sp³-hybridized carbons (Fsp3) is 0.348. The Morgan fingerprint density at radius 3 is 2.57 bits per heavy atom. The molecule has 0 aliphatic carbocycles. The van der Waals surface area contributed by atoms with Crippen LogP contribution in [-0.2, 0) is 6.54 Å². The molecule has 4 aromatic rings. The number of hydrogen-bond acceptors (Lipinski definition) is 6. The summed E-state index contributed by atoms with van der Waals surface area (Å²) in [4.78, 5) is 9.58. The van der Waals surface area contributed by atoms with Gasteiger partial charge in [0.05, 0.1) is 11.7 Å². The number of aromatic nitrogens is 4. The van der Waals surface area contributed by atoms with Crippen molar-refractivity contribution in [2.75, 3.05) is 26.2 Å². The highest BCUT2D eigenvalue weighted by molar-refractivity contribution is 5.52. The highest BCUT2D eigenvalue weighted by atomic mass is 16.4. The molecule has 4 heterocycles. The Bertz CT molecular complexity index is 1090. The number of aryl methyl sites for hydroxylation is 1. The van der Waals surface area contributed by atoms with Gasteiger partial charge in [0.2, 0.25) is 11.8 Å². The minimum Gasteiger partial charge on any atom is -0.419 e. The molecule has 5 rings (SSSR count). The molecular weight excluding hydrogens is 376 g/mol. The van der Waals surface area contributed by atoms with E-state index in [0.29, 0.717) is 11.8 Å². The van der Waals surface area contributed by atoms with Crippen molar-refractivity contribution >= 4 is 5.65 Å². The van der Waals surface area contributed by atoms with E-state index in [4.69, 9.17) is 9.40 Å². The number of nitrogens with zero attached hydrogens (tertiary/aromatic N) is 6. The lowest BCUT2D eigenvalue weighted by Crippen LogP contribution is -2.46. The number of imidazole rings is 1. The van der Waals surface area contributed by atoms with Gasteiger partial charge in [0, 0.05) is 50.7 Å². The second kappa shape index (κ2) is 8.01. The van der Waals surface area contributed by atoms with Gasteiger partial charge in [-0.25, -0.2) is 4.98 Å². The lowest BCUT2D eigenvalue weighted by molar-refractivity contribution is 0.0870. The van der Waals surface area contributed by atoms with Gasteiger partial charge in [-0.05, 0) is 38.1 Å². The molecule has 3 aromatic heterocycles. The number of hydrogen-bond donors (Lipinski definition) is 0. The molecule has 0 radical (unpaired) electrons. The Balaban J connectivity index is 1.19. The van der Waals surface area contributed by atoms with Gasteiger partial charge in [-0.1, -0.05) is 23.8 Å². The summed E-state index contributed by atoms with van der Waals surface area (Å²) < 4.78 is 8.07. The zero-order valence-electron chi connectivity index (χ0n) is 17.4. The SMILES string of the molecule is Cc1ccc(-c2nnc([C@@H](C)N3CCN(Cc4cn5ccccc5n4)CC3)o2)cc1. The fourth-order valence-corrected chi connectivity index (χ4v) is 3.97. The summed E-state index contributed by atoms with van der Waals surface area (Å²) in [6.45, 7) is 9.02. The second-order valence-electron chi connectivity index (χ2n) is 8.00. The summed E-state index contributed by atoms with van der Waals surface area (Å²) in [5.74, 6) is 1.27. The topological polar surface area (TPSA) is 62.7 Å². The number of benzene rings is 1. The summed E-state index contributed by atoms with van der Waals surface area (Å²) in [5, 5.41) is 8.58. The van der Waals surface area contributed by atoms with E-state index >= 15 is 0 Å². The standard InChI is InChI=1S/C23H26N6O/c1-17-6-8-19(9-7-17)23-26-25-22(30-23)18(2)28-13-11-27(12-14-28)15-20-16-29-10-4-3-5-21(29)24-20/h3-10,16,18H,11-15H2,1-2H3/t18-/m1/s1. The van der Waals surface area contributed by atoms with E-state index in [-0.39, 0.29) is 6.04 Å². The Morgan fingerprint density at radius 1 is 1.00 bits per heavy atom. The minimum absolute atomic E-state index is 0.106. The molecule has 7 heteroatoms. The van der Waals surface area contributed by atoms with E-state index in [0.717, 1.165) is 49.6 Å². The van der Waals surface area contributed by atoms with Crippen molar-refractivity contribution in [1.29, 1.82) is 0 Å². The molecule has 1 fully saturated rings. The molecule has 0 saturated carbocycles. The monoisotopic (exact) mass is 402 g/mol. The van der Waals surface area contributed by atoms with Gasteiger partial charge in [0.25, 0.3) is 0 Å². The van der Waals surface area contributed by atoms with Crippen LogP contribution in [0.5, 0.6) is 0 Å². The molecule has 1 saturated heterocycles. The van der Waals surface area contributed by atoms with E-state index in [1.165, 1.54) is 5.56 Å². The normalized spacial score (nSPS) is 16.9. The maximum absolute atomic E-state index is 5.99.